The number of hydrogen-bond acceptors (Lipinski definition) is 7. The van der Waals surface area contributed by atoms with Gasteiger partial charge in [0, 0.05) is 11.3 Å². The molecule has 10 nitrogen and oxygen atoms in total. The summed E-state index contributed by atoms with van der Waals surface area (Å²) < 4.78 is 7.90. The summed E-state index contributed by atoms with van der Waals surface area (Å²) in [5.74, 6) is 0.266. The van der Waals surface area contributed by atoms with Crippen molar-refractivity contribution in [2.75, 3.05) is 12.3 Å². The zero-order valence-electron chi connectivity index (χ0n) is 10.7. The van der Waals surface area contributed by atoms with Gasteiger partial charge in [0.05, 0.1) is 18.8 Å². The molecule has 0 bridgehead atoms. The minimum absolute atomic E-state index is 0.235. The van der Waals surface area contributed by atoms with Gasteiger partial charge in [-0.25, -0.2) is 15.0 Å². The number of imidazole rings is 1. The van der Waals surface area contributed by atoms with Gasteiger partial charge in [0.2, 0.25) is 0 Å². The molecular formula is C10H11BrN8O2. The number of nitrogens with zero attached hydrogens (tertiary/aromatic N) is 7. The Kier molecular flexibility index (Phi) is 3.64. The van der Waals surface area contributed by atoms with E-state index in [4.69, 9.17) is 16.0 Å². The first-order valence-electron chi connectivity index (χ1n) is 6.10. The second kappa shape index (κ2) is 5.45. The van der Waals surface area contributed by atoms with E-state index in [2.05, 4.69) is 40.9 Å². The highest BCUT2D eigenvalue weighted by Crippen LogP contribution is 2.35. The summed E-state index contributed by atoms with van der Waals surface area (Å²) in [5, 5.41) is 13.0. The number of aliphatic hydroxyl groups excluding tert-OH is 1. The molecule has 11 heteroatoms. The van der Waals surface area contributed by atoms with Crippen molar-refractivity contribution in [1.29, 1.82) is 0 Å². The Morgan fingerprint density at radius 2 is 2.43 bits per heavy atom. The first kappa shape index (κ1) is 14.0. The molecule has 0 amide bonds. The van der Waals surface area contributed by atoms with E-state index in [9.17, 15) is 5.11 Å². The van der Waals surface area contributed by atoms with Crippen LogP contribution in [0.3, 0.4) is 0 Å². The predicted molar refractivity (Wildman–Crippen MR) is 76.0 cm³/mol. The number of rotatable bonds is 3. The van der Waals surface area contributed by atoms with Gasteiger partial charge in [-0.1, -0.05) is 5.11 Å². The molecule has 3 N–H and O–H groups in total. The molecule has 0 aliphatic carbocycles. The average molecular weight is 355 g/mol. The SMILES string of the molecule is [N-]=[N+]=N[C@H]1C[C@H](n2c(Br)nc3c(N)ncnc32)O[C@@H]1CO. The van der Waals surface area contributed by atoms with Crippen LogP contribution in [0.1, 0.15) is 12.6 Å². The normalized spacial score (nSPS) is 25.1. The maximum absolute atomic E-state index is 9.31. The molecule has 1 saturated heterocycles. The lowest BCUT2D eigenvalue weighted by Gasteiger charge is -2.14. The van der Waals surface area contributed by atoms with Crippen LogP contribution < -0.4 is 5.73 Å². The number of aliphatic hydroxyl groups is 1. The highest BCUT2D eigenvalue weighted by atomic mass is 79.9. The summed E-state index contributed by atoms with van der Waals surface area (Å²) in [6.45, 7) is -0.235. The average Bonchev–Trinajstić information content (AvgIpc) is 3.00. The Morgan fingerprint density at radius 1 is 1.62 bits per heavy atom. The fourth-order valence-electron chi connectivity index (χ4n) is 2.38. The number of azide groups is 1. The molecule has 3 rings (SSSR count). The summed E-state index contributed by atoms with van der Waals surface area (Å²) in [6.07, 6.45) is 0.718. The van der Waals surface area contributed by atoms with Crippen LogP contribution in [-0.4, -0.2) is 43.4 Å². The summed E-state index contributed by atoms with van der Waals surface area (Å²) >= 11 is 3.34. The van der Waals surface area contributed by atoms with E-state index >= 15 is 0 Å². The van der Waals surface area contributed by atoms with Gasteiger partial charge in [-0.05, 0) is 21.5 Å². The maximum atomic E-state index is 9.31. The summed E-state index contributed by atoms with van der Waals surface area (Å²) in [6, 6.07) is -0.450. The predicted octanol–water partition coefficient (Wildman–Crippen LogP) is 1.13. The van der Waals surface area contributed by atoms with Crippen LogP contribution in [0.5, 0.6) is 0 Å². The first-order chi connectivity index (χ1) is 10.2. The number of hydrogen-bond donors (Lipinski definition) is 2. The lowest BCUT2D eigenvalue weighted by Crippen LogP contribution is -2.23. The molecule has 1 aliphatic heterocycles. The van der Waals surface area contributed by atoms with Crippen LogP contribution in [0.2, 0.25) is 0 Å². The molecule has 0 aromatic carbocycles. The summed E-state index contributed by atoms with van der Waals surface area (Å²) in [7, 11) is 0. The van der Waals surface area contributed by atoms with Gasteiger partial charge in [-0.15, -0.1) is 0 Å². The molecular weight excluding hydrogens is 344 g/mol. The van der Waals surface area contributed by atoms with E-state index in [1.165, 1.54) is 6.33 Å². The molecule has 3 atom stereocenters. The number of fused-ring (bicyclic) bond motifs is 1. The van der Waals surface area contributed by atoms with Crippen molar-refractivity contribution in [1.82, 2.24) is 19.5 Å². The second-order valence-corrected chi connectivity index (χ2v) is 5.21. The van der Waals surface area contributed by atoms with E-state index in [1.807, 2.05) is 0 Å². The molecule has 3 heterocycles. The van der Waals surface area contributed by atoms with Crippen molar-refractivity contribution >= 4 is 32.9 Å². The second-order valence-electron chi connectivity index (χ2n) is 4.50. The third-order valence-corrected chi connectivity index (χ3v) is 3.89. The van der Waals surface area contributed by atoms with Gasteiger partial charge < -0.3 is 15.6 Å². The van der Waals surface area contributed by atoms with E-state index in [1.54, 1.807) is 4.57 Å². The van der Waals surface area contributed by atoms with Crippen molar-refractivity contribution in [3.63, 3.8) is 0 Å². The molecule has 110 valence electrons. The van der Waals surface area contributed by atoms with Gasteiger partial charge in [0.1, 0.15) is 12.6 Å². The first-order valence-corrected chi connectivity index (χ1v) is 6.89. The minimum atomic E-state index is -0.561. The number of ether oxygens (including phenoxy) is 1. The maximum Gasteiger partial charge on any atom is 0.181 e. The van der Waals surface area contributed by atoms with E-state index in [0.717, 1.165) is 0 Å². The quantitative estimate of drug-likeness (QED) is 0.365. The number of halogens is 1. The number of anilines is 1. The highest BCUT2D eigenvalue weighted by Gasteiger charge is 2.37. The lowest BCUT2D eigenvalue weighted by molar-refractivity contribution is -0.0242. The van der Waals surface area contributed by atoms with Crippen LogP contribution in [0.25, 0.3) is 21.6 Å². The Morgan fingerprint density at radius 3 is 3.14 bits per heavy atom. The van der Waals surface area contributed by atoms with Crippen molar-refractivity contribution < 1.29 is 9.84 Å². The van der Waals surface area contributed by atoms with Gasteiger partial charge in [-0.3, -0.25) is 4.57 Å². The molecule has 21 heavy (non-hydrogen) atoms. The molecule has 2 aromatic rings. The van der Waals surface area contributed by atoms with Crippen LogP contribution in [0, 0.1) is 0 Å². The number of aromatic nitrogens is 4. The Labute approximate surface area is 126 Å². The third kappa shape index (κ3) is 2.29. The van der Waals surface area contributed by atoms with E-state index in [-0.39, 0.29) is 12.4 Å². The molecule has 1 aliphatic rings. The third-order valence-electron chi connectivity index (χ3n) is 3.33. The Balaban J connectivity index is 2.04. The molecule has 2 aromatic heterocycles. The Bertz CT molecular complexity index is 727. The fraction of sp³-hybridized carbons (Fsp3) is 0.500. The fourth-order valence-corrected chi connectivity index (χ4v) is 2.95. The van der Waals surface area contributed by atoms with Crippen molar-refractivity contribution in [3.8, 4) is 0 Å². The number of nitrogens with two attached hydrogens (primary N) is 1. The zero-order chi connectivity index (χ0) is 15.0. The molecule has 0 radical (unpaired) electrons. The van der Waals surface area contributed by atoms with Crippen LogP contribution in [0.4, 0.5) is 5.82 Å². The standard InChI is InChI=1S/C10H11BrN8O2/c11-10-16-7-8(12)14-3-15-9(7)19(10)6-1-4(17-18-13)5(2-20)21-6/h3-6,20H,1-2H2,(H2,12,14,15)/t4-,5+,6+/m0/s1. The zero-order valence-corrected chi connectivity index (χ0v) is 12.3. The van der Waals surface area contributed by atoms with Gasteiger partial charge in [0.15, 0.2) is 21.7 Å². The van der Waals surface area contributed by atoms with E-state index < -0.39 is 18.4 Å². The molecule has 0 saturated carbocycles. The lowest BCUT2D eigenvalue weighted by atomic mass is 10.1. The van der Waals surface area contributed by atoms with Crippen molar-refractivity contribution in [3.05, 3.63) is 21.5 Å². The highest BCUT2D eigenvalue weighted by molar-refractivity contribution is 9.10. The minimum Gasteiger partial charge on any atom is -0.394 e. The summed E-state index contributed by atoms with van der Waals surface area (Å²) in [4.78, 5) is 15.1. The Hall–Kier alpha value is -1.94. The van der Waals surface area contributed by atoms with Gasteiger partial charge in [0.25, 0.3) is 0 Å². The van der Waals surface area contributed by atoms with Crippen LogP contribution >= 0.6 is 15.9 Å². The molecule has 1 fully saturated rings. The smallest absolute Gasteiger partial charge is 0.181 e. The van der Waals surface area contributed by atoms with E-state index in [0.29, 0.717) is 22.3 Å². The van der Waals surface area contributed by atoms with Crippen LogP contribution in [-0.2, 0) is 4.74 Å². The topological polar surface area (TPSA) is 148 Å². The monoisotopic (exact) mass is 354 g/mol. The molecule has 0 spiro atoms. The van der Waals surface area contributed by atoms with Crippen molar-refractivity contribution in [2.45, 2.75) is 24.8 Å². The summed E-state index contributed by atoms with van der Waals surface area (Å²) in [5.41, 5.74) is 15.3. The van der Waals surface area contributed by atoms with Gasteiger partial charge >= 0.3 is 0 Å². The van der Waals surface area contributed by atoms with Crippen molar-refractivity contribution in [2.24, 2.45) is 5.11 Å². The van der Waals surface area contributed by atoms with Crippen LogP contribution in [0.15, 0.2) is 16.2 Å². The largest absolute Gasteiger partial charge is 0.394 e. The van der Waals surface area contributed by atoms with Gasteiger partial charge in [-0.2, -0.15) is 0 Å². The molecule has 0 unspecified atom stereocenters. The number of nitrogen functional groups attached to an aromatic ring is 1.